The van der Waals surface area contributed by atoms with Gasteiger partial charge in [-0.25, -0.2) is 26.7 Å². The molecule has 0 aliphatic rings. The SMILES string of the molecule is COC(=O)c1cccc(-c2c(F)c(F)c(F)c(F)c2F)c1. The molecule has 0 aliphatic carbocycles. The van der Waals surface area contributed by atoms with Crippen molar-refractivity contribution in [3.05, 3.63) is 58.9 Å². The Balaban J connectivity index is 2.71. The van der Waals surface area contributed by atoms with Crippen molar-refractivity contribution >= 4 is 5.97 Å². The van der Waals surface area contributed by atoms with Crippen molar-refractivity contribution < 1.29 is 31.5 Å². The maximum atomic E-state index is 13.7. The van der Waals surface area contributed by atoms with Gasteiger partial charge in [0, 0.05) is 0 Å². The lowest BCUT2D eigenvalue weighted by molar-refractivity contribution is 0.0601. The molecule has 2 aromatic carbocycles. The maximum Gasteiger partial charge on any atom is 0.337 e. The summed E-state index contributed by atoms with van der Waals surface area (Å²) < 4.78 is 71.0. The molecule has 0 aromatic heterocycles. The summed E-state index contributed by atoms with van der Waals surface area (Å²) in [6.45, 7) is 0. The molecular weight excluding hydrogens is 295 g/mol. The highest BCUT2D eigenvalue weighted by Gasteiger charge is 2.26. The maximum absolute atomic E-state index is 13.7. The average molecular weight is 302 g/mol. The third kappa shape index (κ3) is 2.46. The van der Waals surface area contributed by atoms with E-state index in [0.29, 0.717) is 0 Å². The average Bonchev–Trinajstić information content (AvgIpc) is 2.50. The predicted molar refractivity (Wildman–Crippen MR) is 63.0 cm³/mol. The van der Waals surface area contributed by atoms with Crippen LogP contribution in [0.5, 0.6) is 0 Å². The van der Waals surface area contributed by atoms with Crippen LogP contribution in [0.15, 0.2) is 24.3 Å². The lowest BCUT2D eigenvalue weighted by atomic mass is 10.0. The molecule has 0 spiro atoms. The Morgan fingerprint density at radius 1 is 0.905 bits per heavy atom. The molecule has 2 aromatic rings. The van der Waals surface area contributed by atoms with Crippen LogP contribution >= 0.6 is 0 Å². The van der Waals surface area contributed by atoms with Gasteiger partial charge >= 0.3 is 5.97 Å². The summed E-state index contributed by atoms with van der Waals surface area (Å²) in [6, 6.07) is 4.61. The molecule has 0 amide bonds. The van der Waals surface area contributed by atoms with Crippen LogP contribution in [-0.2, 0) is 4.74 Å². The van der Waals surface area contributed by atoms with Crippen molar-refractivity contribution in [3.8, 4) is 11.1 Å². The Morgan fingerprint density at radius 3 is 1.95 bits per heavy atom. The lowest BCUT2D eigenvalue weighted by Gasteiger charge is -2.09. The van der Waals surface area contributed by atoms with E-state index < -0.39 is 40.6 Å². The number of carbonyl (C=O) groups is 1. The summed E-state index contributed by atoms with van der Waals surface area (Å²) in [5, 5.41) is 0. The number of benzene rings is 2. The third-order valence-electron chi connectivity index (χ3n) is 2.78. The summed E-state index contributed by atoms with van der Waals surface area (Å²) >= 11 is 0. The fourth-order valence-electron chi connectivity index (χ4n) is 1.78. The quantitative estimate of drug-likeness (QED) is 0.365. The molecule has 110 valence electrons. The van der Waals surface area contributed by atoms with E-state index in [4.69, 9.17) is 0 Å². The second-order valence-electron chi connectivity index (χ2n) is 4.02. The third-order valence-corrected chi connectivity index (χ3v) is 2.78. The van der Waals surface area contributed by atoms with Crippen LogP contribution in [0.25, 0.3) is 11.1 Å². The van der Waals surface area contributed by atoms with Gasteiger partial charge in [-0.2, -0.15) is 0 Å². The summed E-state index contributed by atoms with van der Waals surface area (Å²) in [5.41, 5.74) is -1.51. The lowest BCUT2D eigenvalue weighted by Crippen LogP contribution is -2.05. The second kappa shape index (κ2) is 5.51. The van der Waals surface area contributed by atoms with Crippen molar-refractivity contribution in [2.24, 2.45) is 0 Å². The largest absolute Gasteiger partial charge is 0.465 e. The molecule has 0 saturated heterocycles. The van der Waals surface area contributed by atoms with Crippen LogP contribution in [0.2, 0.25) is 0 Å². The van der Waals surface area contributed by atoms with E-state index in [9.17, 15) is 26.7 Å². The number of esters is 1. The molecule has 0 N–H and O–H groups in total. The van der Waals surface area contributed by atoms with E-state index >= 15 is 0 Å². The second-order valence-corrected chi connectivity index (χ2v) is 4.02. The van der Waals surface area contributed by atoms with Crippen LogP contribution < -0.4 is 0 Å². The Bertz CT molecular complexity index is 699. The number of hydrogen-bond acceptors (Lipinski definition) is 2. The number of carbonyl (C=O) groups excluding carboxylic acids is 1. The number of rotatable bonds is 2. The standard InChI is InChI=1S/C14H7F5O2/c1-21-14(20)7-4-2-3-6(5-7)8-9(15)11(17)13(19)12(18)10(8)16/h2-5H,1H3. The van der Waals surface area contributed by atoms with E-state index in [2.05, 4.69) is 4.74 Å². The van der Waals surface area contributed by atoms with E-state index in [-0.39, 0.29) is 11.1 Å². The Morgan fingerprint density at radius 2 is 1.43 bits per heavy atom. The molecule has 0 saturated carbocycles. The van der Waals surface area contributed by atoms with Crippen LogP contribution in [0.3, 0.4) is 0 Å². The van der Waals surface area contributed by atoms with E-state index in [1.165, 1.54) is 12.1 Å². The number of hydrogen-bond donors (Lipinski definition) is 0. The van der Waals surface area contributed by atoms with E-state index in [0.717, 1.165) is 19.2 Å². The van der Waals surface area contributed by atoms with Gasteiger partial charge in [0.05, 0.1) is 18.2 Å². The zero-order valence-electron chi connectivity index (χ0n) is 10.5. The molecule has 2 nitrogen and oxygen atoms in total. The van der Waals surface area contributed by atoms with Crippen molar-refractivity contribution in [2.45, 2.75) is 0 Å². The van der Waals surface area contributed by atoms with Gasteiger partial charge in [0.1, 0.15) is 0 Å². The monoisotopic (exact) mass is 302 g/mol. The minimum atomic E-state index is -2.24. The molecular formula is C14H7F5O2. The molecule has 0 atom stereocenters. The Hall–Kier alpha value is -2.44. The van der Waals surface area contributed by atoms with Gasteiger partial charge in [0.15, 0.2) is 23.3 Å². The molecule has 0 aliphatic heterocycles. The van der Waals surface area contributed by atoms with Gasteiger partial charge in [-0.3, -0.25) is 0 Å². The van der Waals surface area contributed by atoms with Crippen molar-refractivity contribution in [3.63, 3.8) is 0 Å². The summed E-state index contributed by atoms with van der Waals surface area (Å²) in [5.74, 6) is -11.1. The predicted octanol–water partition coefficient (Wildman–Crippen LogP) is 3.84. The zero-order valence-corrected chi connectivity index (χ0v) is 10.5. The summed E-state index contributed by atoms with van der Waals surface area (Å²) in [6.07, 6.45) is 0. The van der Waals surface area contributed by atoms with Crippen LogP contribution in [0.4, 0.5) is 22.0 Å². The normalized spacial score (nSPS) is 10.6. The molecule has 2 rings (SSSR count). The Labute approximate surface area is 115 Å². The highest BCUT2D eigenvalue weighted by Crippen LogP contribution is 2.31. The van der Waals surface area contributed by atoms with Crippen LogP contribution in [0, 0.1) is 29.1 Å². The molecule has 0 radical (unpaired) electrons. The highest BCUT2D eigenvalue weighted by atomic mass is 19.2. The summed E-state index contributed by atoms with van der Waals surface area (Å²) in [4.78, 5) is 11.3. The van der Waals surface area contributed by atoms with Crippen LogP contribution in [-0.4, -0.2) is 13.1 Å². The fraction of sp³-hybridized carbons (Fsp3) is 0.0714. The van der Waals surface area contributed by atoms with Gasteiger partial charge in [0.2, 0.25) is 5.82 Å². The van der Waals surface area contributed by atoms with E-state index in [1.54, 1.807) is 0 Å². The number of halogens is 5. The van der Waals surface area contributed by atoms with Gasteiger partial charge < -0.3 is 4.74 Å². The number of ether oxygens (including phenoxy) is 1. The first-order valence-electron chi connectivity index (χ1n) is 5.58. The topological polar surface area (TPSA) is 26.3 Å². The highest BCUT2D eigenvalue weighted by molar-refractivity contribution is 5.91. The molecule has 7 heteroatoms. The van der Waals surface area contributed by atoms with Gasteiger partial charge in [0.25, 0.3) is 0 Å². The van der Waals surface area contributed by atoms with E-state index in [1.807, 2.05) is 0 Å². The Kier molecular flexibility index (Phi) is 3.93. The zero-order chi connectivity index (χ0) is 15.7. The first-order chi connectivity index (χ1) is 9.88. The van der Waals surface area contributed by atoms with Crippen molar-refractivity contribution in [1.82, 2.24) is 0 Å². The first kappa shape index (κ1) is 15.0. The first-order valence-corrected chi connectivity index (χ1v) is 5.58. The minimum Gasteiger partial charge on any atom is -0.465 e. The van der Waals surface area contributed by atoms with Gasteiger partial charge in [-0.15, -0.1) is 0 Å². The molecule has 21 heavy (non-hydrogen) atoms. The fourth-order valence-corrected chi connectivity index (χ4v) is 1.78. The molecule has 0 heterocycles. The molecule has 0 fully saturated rings. The van der Waals surface area contributed by atoms with Crippen molar-refractivity contribution in [2.75, 3.05) is 7.11 Å². The summed E-state index contributed by atoms with van der Waals surface area (Å²) in [7, 11) is 1.09. The minimum absolute atomic E-state index is 0.0843. The van der Waals surface area contributed by atoms with Gasteiger partial charge in [-0.05, 0) is 17.7 Å². The molecule has 0 bridgehead atoms. The smallest absolute Gasteiger partial charge is 0.337 e. The molecule has 0 unspecified atom stereocenters. The number of methoxy groups -OCH3 is 1. The van der Waals surface area contributed by atoms with Crippen molar-refractivity contribution in [1.29, 1.82) is 0 Å². The van der Waals surface area contributed by atoms with Gasteiger partial charge in [-0.1, -0.05) is 12.1 Å². The van der Waals surface area contributed by atoms with Crippen LogP contribution in [0.1, 0.15) is 10.4 Å².